The lowest BCUT2D eigenvalue weighted by atomic mass is 9.93. The number of amides is 1. The molecule has 110 valence electrons. The van der Waals surface area contributed by atoms with Crippen LogP contribution in [-0.4, -0.2) is 41.5 Å². The lowest BCUT2D eigenvalue weighted by Gasteiger charge is -2.37. The number of halogens is 1. The van der Waals surface area contributed by atoms with Crippen molar-refractivity contribution in [3.05, 3.63) is 29.8 Å². The number of pyridine rings is 1. The number of aromatic nitrogens is 1. The van der Waals surface area contributed by atoms with Crippen molar-refractivity contribution < 1.29 is 9.18 Å². The lowest BCUT2D eigenvalue weighted by Crippen LogP contribution is -2.50. The summed E-state index contributed by atoms with van der Waals surface area (Å²) in [5.74, 6) is -0.397. The summed E-state index contributed by atoms with van der Waals surface area (Å²) < 4.78 is 13.6. The lowest BCUT2D eigenvalue weighted by molar-refractivity contribution is 0.0640. The van der Waals surface area contributed by atoms with Gasteiger partial charge in [0.15, 0.2) is 5.82 Å². The molecule has 1 fully saturated rings. The highest BCUT2D eigenvalue weighted by molar-refractivity contribution is 5.94. The van der Waals surface area contributed by atoms with Gasteiger partial charge < -0.3 is 10.2 Å². The first kappa shape index (κ1) is 14.9. The van der Waals surface area contributed by atoms with Gasteiger partial charge in [0.2, 0.25) is 0 Å². The van der Waals surface area contributed by atoms with Gasteiger partial charge >= 0.3 is 0 Å². The van der Waals surface area contributed by atoms with Crippen molar-refractivity contribution in [3.63, 3.8) is 0 Å². The predicted molar refractivity (Wildman–Crippen MR) is 76.0 cm³/mol. The smallest absolute Gasteiger partial charge is 0.256 e. The van der Waals surface area contributed by atoms with Gasteiger partial charge in [-0.25, -0.2) is 4.39 Å². The molecule has 2 heterocycles. The van der Waals surface area contributed by atoms with Crippen molar-refractivity contribution in [2.75, 3.05) is 19.6 Å². The van der Waals surface area contributed by atoms with Crippen LogP contribution in [-0.2, 0) is 0 Å². The Morgan fingerprint density at radius 3 is 3.05 bits per heavy atom. The summed E-state index contributed by atoms with van der Waals surface area (Å²) in [5, 5.41) is 3.51. The summed E-state index contributed by atoms with van der Waals surface area (Å²) in [6.45, 7) is 6.62. The van der Waals surface area contributed by atoms with Crippen LogP contribution in [0.25, 0.3) is 0 Å². The Morgan fingerprint density at radius 1 is 1.60 bits per heavy atom. The molecule has 1 aromatic heterocycles. The maximum Gasteiger partial charge on any atom is 0.256 e. The van der Waals surface area contributed by atoms with Crippen molar-refractivity contribution in [2.45, 2.75) is 32.7 Å². The molecule has 1 N–H and O–H groups in total. The van der Waals surface area contributed by atoms with Gasteiger partial charge in [-0.05, 0) is 31.4 Å². The highest BCUT2D eigenvalue weighted by Gasteiger charge is 2.29. The van der Waals surface area contributed by atoms with Gasteiger partial charge in [-0.15, -0.1) is 0 Å². The van der Waals surface area contributed by atoms with Crippen molar-refractivity contribution in [1.29, 1.82) is 0 Å². The minimum Gasteiger partial charge on any atom is -0.338 e. The van der Waals surface area contributed by atoms with Gasteiger partial charge in [0, 0.05) is 25.3 Å². The average Bonchev–Trinajstić information content (AvgIpc) is 2.46. The highest BCUT2D eigenvalue weighted by atomic mass is 19.1. The van der Waals surface area contributed by atoms with E-state index in [2.05, 4.69) is 24.1 Å². The molecule has 2 atom stereocenters. The van der Waals surface area contributed by atoms with Crippen molar-refractivity contribution in [1.82, 2.24) is 15.2 Å². The van der Waals surface area contributed by atoms with Crippen LogP contribution < -0.4 is 5.32 Å². The Kier molecular flexibility index (Phi) is 5.06. The molecule has 2 rings (SSSR count). The van der Waals surface area contributed by atoms with Crippen LogP contribution in [0.15, 0.2) is 18.5 Å². The average molecular weight is 279 g/mol. The molecule has 0 aliphatic carbocycles. The van der Waals surface area contributed by atoms with Crippen LogP contribution in [0, 0.1) is 11.7 Å². The summed E-state index contributed by atoms with van der Waals surface area (Å²) in [6, 6.07) is 1.89. The molecule has 1 aromatic rings. The van der Waals surface area contributed by atoms with E-state index in [9.17, 15) is 9.18 Å². The first-order chi connectivity index (χ1) is 9.63. The number of carbonyl (C=O) groups excluding carboxylic acids is 1. The Morgan fingerprint density at radius 2 is 2.40 bits per heavy atom. The molecule has 0 bridgehead atoms. The molecule has 1 aliphatic rings. The summed E-state index contributed by atoms with van der Waals surface area (Å²) in [7, 11) is 0. The Balaban J connectivity index is 1.99. The molecule has 0 radical (unpaired) electrons. The zero-order chi connectivity index (χ0) is 14.5. The second-order valence-corrected chi connectivity index (χ2v) is 5.43. The molecule has 1 amide bonds. The number of hydrogen-bond donors (Lipinski definition) is 1. The van der Waals surface area contributed by atoms with Gasteiger partial charge in [-0.1, -0.05) is 13.8 Å². The number of hydrogen-bond acceptors (Lipinski definition) is 3. The zero-order valence-electron chi connectivity index (χ0n) is 12.1. The maximum absolute atomic E-state index is 13.6. The van der Waals surface area contributed by atoms with E-state index in [1.165, 1.54) is 12.3 Å². The molecule has 2 unspecified atom stereocenters. The van der Waals surface area contributed by atoms with Crippen molar-refractivity contribution >= 4 is 5.91 Å². The Bertz CT molecular complexity index is 466. The zero-order valence-corrected chi connectivity index (χ0v) is 12.1. The molecule has 4 nitrogen and oxygen atoms in total. The number of rotatable bonds is 4. The second-order valence-electron chi connectivity index (χ2n) is 5.43. The SMILES string of the molecule is CCCNC1CCN(C(=O)c2ccncc2F)CC1C. The van der Waals surface area contributed by atoms with Gasteiger partial charge in [0.05, 0.1) is 11.8 Å². The number of piperidine rings is 1. The molecular formula is C15H22FN3O. The van der Waals surface area contributed by atoms with E-state index in [-0.39, 0.29) is 11.5 Å². The molecule has 0 aromatic carbocycles. The van der Waals surface area contributed by atoms with E-state index in [0.29, 0.717) is 25.0 Å². The number of nitrogens with zero attached hydrogens (tertiary/aromatic N) is 2. The fourth-order valence-corrected chi connectivity index (χ4v) is 2.68. The van der Waals surface area contributed by atoms with E-state index < -0.39 is 5.82 Å². The van der Waals surface area contributed by atoms with Crippen molar-refractivity contribution in [2.24, 2.45) is 5.92 Å². The minimum atomic E-state index is -0.545. The van der Waals surface area contributed by atoms with Crippen LogP contribution in [0.5, 0.6) is 0 Å². The Hall–Kier alpha value is -1.49. The van der Waals surface area contributed by atoms with Crippen molar-refractivity contribution in [3.8, 4) is 0 Å². The summed E-state index contributed by atoms with van der Waals surface area (Å²) in [5.41, 5.74) is 0.118. The van der Waals surface area contributed by atoms with E-state index in [1.807, 2.05) is 0 Å². The first-order valence-corrected chi connectivity index (χ1v) is 7.25. The third-order valence-corrected chi connectivity index (χ3v) is 3.85. The van der Waals surface area contributed by atoms with Crippen LogP contribution in [0.4, 0.5) is 4.39 Å². The quantitative estimate of drug-likeness (QED) is 0.917. The molecular weight excluding hydrogens is 257 g/mol. The summed E-state index contributed by atoms with van der Waals surface area (Å²) in [4.78, 5) is 17.7. The number of nitrogens with one attached hydrogen (secondary N) is 1. The van der Waals surface area contributed by atoms with Gasteiger partial charge in [-0.3, -0.25) is 9.78 Å². The van der Waals surface area contributed by atoms with E-state index in [4.69, 9.17) is 0 Å². The van der Waals surface area contributed by atoms with E-state index >= 15 is 0 Å². The second kappa shape index (κ2) is 6.79. The summed E-state index contributed by atoms with van der Waals surface area (Å²) >= 11 is 0. The van der Waals surface area contributed by atoms with Crippen LogP contribution in [0.3, 0.4) is 0 Å². The normalized spacial score (nSPS) is 22.9. The molecule has 1 aliphatic heterocycles. The van der Waals surface area contributed by atoms with Crippen LogP contribution in [0.1, 0.15) is 37.0 Å². The molecule has 0 saturated carbocycles. The fraction of sp³-hybridized carbons (Fsp3) is 0.600. The molecule has 1 saturated heterocycles. The van der Waals surface area contributed by atoms with Crippen LogP contribution >= 0.6 is 0 Å². The fourth-order valence-electron chi connectivity index (χ4n) is 2.68. The van der Waals surface area contributed by atoms with Gasteiger partial charge in [0.25, 0.3) is 5.91 Å². The van der Waals surface area contributed by atoms with E-state index in [0.717, 1.165) is 25.6 Å². The maximum atomic E-state index is 13.6. The number of carbonyl (C=O) groups is 1. The highest BCUT2D eigenvalue weighted by Crippen LogP contribution is 2.19. The summed E-state index contributed by atoms with van der Waals surface area (Å²) in [6.07, 6.45) is 4.56. The monoisotopic (exact) mass is 279 g/mol. The first-order valence-electron chi connectivity index (χ1n) is 7.25. The van der Waals surface area contributed by atoms with Gasteiger partial charge in [-0.2, -0.15) is 0 Å². The topological polar surface area (TPSA) is 45.2 Å². The minimum absolute atomic E-state index is 0.118. The molecule has 0 spiro atoms. The Labute approximate surface area is 119 Å². The van der Waals surface area contributed by atoms with E-state index in [1.54, 1.807) is 4.90 Å². The van der Waals surface area contributed by atoms with Crippen LogP contribution in [0.2, 0.25) is 0 Å². The third kappa shape index (κ3) is 3.33. The standard InChI is InChI=1S/C15H22FN3O/c1-3-6-18-14-5-8-19(10-11(14)2)15(20)12-4-7-17-9-13(12)16/h4,7,9,11,14,18H,3,5-6,8,10H2,1-2H3. The molecule has 5 heteroatoms. The molecule has 20 heavy (non-hydrogen) atoms. The van der Waals surface area contributed by atoms with Gasteiger partial charge in [0.1, 0.15) is 0 Å². The predicted octanol–water partition coefficient (Wildman–Crippen LogP) is 2.07. The number of likely N-dealkylation sites (tertiary alicyclic amines) is 1. The largest absolute Gasteiger partial charge is 0.338 e. The third-order valence-electron chi connectivity index (χ3n) is 3.85.